The molecule has 0 saturated heterocycles. The Morgan fingerprint density at radius 1 is 1.53 bits per heavy atom. The fraction of sp³-hybridized carbons (Fsp3) is 0.545. The van der Waals surface area contributed by atoms with E-state index in [9.17, 15) is 4.55 Å². The van der Waals surface area contributed by atoms with Crippen LogP contribution in [-0.2, 0) is 11.2 Å². The van der Waals surface area contributed by atoms with Gasteiger partial charge in [-0.1, -0.05) is 6.58 Å². The highest BCUT2D eigenvalue weighted by Crippen LogP contribution is 2.38. The van der Waals surface area contributed by atoms with Gasteiger partial charge in [0.1, 0.15) is 16.5 Å². The standard InChI is InChI=1S/C11H17ClN2OS2/c1-3-14-10-8(2)9(13)11(16-10)17(15)7-5-4-6-12/h2-7,13H2,1H3/b14-10+. The Balaban J connectivity index is 2.65. The summed E-state index contributed by atoms with van der Waals surface area (Å²) in [6, 6.07) is 0. The van der Waals surface area contributed by atoms with E-state index in [-0.39, 0.29) is 0 Å². The van der Waals surface area contributed by atoms with Gasteiger partial charge in [-0.2, -0.15) is 0 Å². The maximum absolute atomic E-state index is 12.0. The Bertz CT molecular complexity index is 355. The summed E-state index contributed by atoms with van der Waals surface area (Å²) in [4.78, 5) is 4.29. The van der Waals surface area contributed by atoms with Crippen LogP contribution in [0.5, 0.6) is 0 Å². The van der Waals surface area contributed by atoms with Gasteiger partial charge in [-0.05, 0) is 42.7 Å². The average Bonchev–Trinajstić information content (AvgIpc) is 2.58. The molecule has 0 amide bonds. The summed E-state index contributed by atoms with van der Waals surface area (Å²) in [6.07, 6.45) is 1.72. The van der Waals surface area contributed by atoms with E-state index in [1.807, 2.05) is 6.92 Å². The molecule has 0 bridgehead atoms. The first kappa shape index (κ1) is 15.0. The molecule has 1 aliphatic heterocycles. The lowest BCUT2D eigenvalue weighted by Gasteiger charge is -2.10. The molecule has 0 radical (unpaired) electrons. The Labute approximate surface area is 115 Å². The SMILES string of the molecule is C=C1C(N)=C([S+]([O-])CCCCCl)S/C1=N/CC. The number of alkyl halides is 1. The van der Waals surface area contributed by atoms with Crippen LogP contribution in [-0.4, -0.2) is 27.8 Å². The molecule has 0 aromatic rings. The highest BCUT2D eigenvalue weighted by molar-refractivity contribution is 8.28. The van der Waals surface area contributed by atoms with E-state index in [0.717, 1.165) is 17.9 Å². The van der Waals surface area contributed by atoms with E-state index in [4.69, 9.17) is 17.3 Å². The number of halogens is 1. The molecule has 1 heterocycles. The van der Waals surface area contributed by atoms with Gasteiger partial charge in [0, 0.05) is 18.0 Å². The van der Waals surface area contributed by atoms with Gasteiger partial charge in [0.25, 0.3) is 0 Å². The van der Waals surface area contributed by atoms with Gasteiger partial charge in [-0.25, -0.2) is 0 Å². The number of rotatable bonds is 6. The molecular weight excluding hydrogens is 276 g/mol. The van der Waals surface area contributed by atoms with Crippen molar-refractivity contribution in [3.63, 3.8) is 0 Å². The molecule has 1 unspecified atom stereocenters. The summed E-state index contributed by atoms with van der Waals surface area (Å²) in [5.41, 5.74) is 7.15. The van der Waals surface area contributed by atoms with Gasteiger partial charge in [-0.15, -0.1) is 11.6 Å². The lowest BCUT2D eigenvalue weighted by Crippen LogP contribution is -2.11. The topological polar surface area (TPSA) is 61.4 Å². The molecule has 1 atom stereocenters. The van der Waals surface area contributed by atoms with Gasteiger partial charge >= 0.3 is 0 Å². The molecule has 3 nitrogen and oxygen atoms in total. The van der Waals surface area contributed by atoms with Gasteiger partial charge in [-0.3, -0.25) is 4.99 Å². The minimum absolute atomic E-state index is 0.534. The summed E-state index contributed by atoms with van der Waals surface area (Å²) in [5.74, 6) is 1.20. The predicted octanol–water partition coefficient (Wildman–Crippen LogP) is 2.60. The monoisotopic (exact) mass is 292 g/mol. The Morgan fingerprint density at radius 2 is 2.24 bits per heavy atom. The molecule has 1 aliphatic rings. The van der Waals surface area contributed by atoms with Crippen LogP contribution < -0.4 is 5.73 Å². The van der Waals surface area contributed by atoms with Crippen LogP contribution in [0.25, 0.3) is 0 Å². The van der Waals surface area contributed by atoms with Crippen molar-refractivity contribution < 1.29 is 4.55 Å². The van der Waals surface area contributed by atoms with Gasteiger partial charge in [0.15, 0.2) is 0 Å². The zero-order chi connectivity index (χ0) is 12.8. The minimum Gasteiger partial charge on any atom is -0.611 e. The number of hydrogen-bond acceptors (Lipinski definition) is 4. The highest BCUT2D eigenvalue weighted by atomic mass is 35.5. The maximum Gasteiger partial charge on any atom is 0.216 e. The number of aliphatic imine (C=N–C) groups is 1. The smallest absolute Gasteiger partial charge is 0.216 e. The third-order valence-corrected chi connectivity index (χ3v) is 5.56. The zero-order valence-electron chi connectivity index (χ0n) is 9.87. The first-order chi connectivity index (χ1) is 8.11. The third kappa shape index (κ3) is 3.95. The van der Waals surface area contributed by atoms with Crippen LogP contribution in [0.15, 0.2) is 27.1 Å². The summed E-state index contributed by atoms with van der Waals surface area (Å²) < 4.78 is 12.7. The second kappa shape index (κ2) is 7.36. The van der Waals surface area contributed by atoms with E-state index in [2.05, 4.69) is 11.6 Å². The molecule has 0 spiro atoms. The molecule has 1 rings (SSSR count). The third-order valence-electron chi connectivity index (χ3n) is 2.21. The highest BCUT2D eigenvalue weighted by Gasteiger charge is 2.31. The van der Waals surface area contributed by atoms with E-state index < -0.39 is 11.2 Å². The lowest BCUT2D eigenvalue weighted by atomic mass is 10.3. The van der Waals surface area contributed by atoms with Crippen LogP contribution in [0.4, 0.5) is 0 Å². The number of thioether (sulfide) groups is 1. The van der Waals surface area contributed by atoms with Crippen LogP contribution in [0.2, 0.25) is 0 Å². The molecule has 0 saturated carbocycles. The Kier molecular flexibility index (Phi) is 6.48. The van der Waals surface area contributed by atoms with Gasteiger partial charge in [0.05, 0.1) is 0 Å². The summed E-state index contributed by atoms with van der Waals surface area (Å²) in [7, 11) is 0. The number of nitrogens with two attached hydrogens (primary N) is 1. The molecule has 0 aromatic carbocycles. The van der Waals surface area contributed by atoms with Gasteiger partial charge in [0.2, 0.25) is 4.24 Å². The molecule has 6 heteroatoms. The Morgan fingerprint density at radius 3 is 2.82 bits per heavy atom. The second-order valence-corrected chi connectivity index (χ2v) is 6.65. The number of nitrogens with zero attached hydrogens (tertiary/aromatic N) is 1. The predicted molar refractivity (Wildman–Crippen MR) is 78.9 cm³/mol. The van der Waals surface area contributed by atoms with Gasteiger partial charge < -0.3 is 10.3 Å². The largest absolute Gasteiger partial charge is 0.611 e. The maximum atomic E-state index is 12.0. The van der Waals surface area contributed by atoms with Crippen molar-refractivity contribution in [2.45, 2.75) is 19.8 Å². The number of unbranched alkanes of at least 4 members (excludes halogenated alkanes) is 1. The van der Waals surface area contributed by atoms with Crippen LogP contribution in [0.3, 0.4) is 0 Å². The van der Waals surface area contributed by atoms with E-state index in [0.29, 0.717) is 33.7 Å². The zero-order valence-corrected chi connectivity index (χ0v) is 12.3. The Hall–Kier alpha value is -0.100. The summed E-state index contributed by atoms with van der Waals surface area (Å²) >= 11 is 5.92. The molecule has 0 aliphatic carbocycles. The molecule has 0 fully saturated rings. The van der Waals surface area contributed by atoms with Crippen molar-refractivity contribution >= 4 is 39.6 Å². The molecule has 0 aromatic heterocycles. The van der Waals surface area contributed by atoms with E-state index in [1.165, 1.54) is 11.8 Å². The van der Waals surface area contributed by atoms with Crippen LogP contribution >= 0.6 is 23.4 Å². The number of hydrogen-bond donors (Lipinski definition) is 1. The van der Waals surface area contributed by atoms with Crippen molar-refractivity contribution in [3.8, 4) is 0 Å². The van der Waals surface area contributed by atoms with Crippen molar-refractivity contribution in [2.24, 2.45) is 10.7 Å². The second-order valence-electron chi connectivity index (χ2n) is 3.51. The molecular formula is C11H17ClN2OS2. The fourth-order valence-corrected chi connectivity index (χ4v) is 4.21. The summed E-state index contributed by atoms with van der Waals surface area (Å²) in [6.45, 7) is 6.51. The normalized spacial score (nSPS) is 20.4. The average molecular weight is 293 g/mol. The molecule has 2 N–H and O–H groups in total. The van der Waals surface area contributed by atoms with E-state index in [1.54, 1.807) is 0 Å². The van der Waals surface area contributed by atoms with Crippen LogP contribution in [0, 0.1) is 0 Å². The van der Waals surface area contributed by atoms with Crippen molar-refractivity contribution in [2.75, 3.05) is 18.2 Å². The van der Waals surface area contributed by atoms with Crippen molar-refractivity contribution in [1.82, 2.24) is 0 Å². The first-order valence-corrected chi connectivity index (χ1v) is 8.14. The quantitative estimate of drug-likeness (QED) is 0.465. The van der Waals surface area contributed by atoms with E-state index >= 15 is 0 Å². The van der Waals surface area contributed by atoms with Crippen LogP contribution in [0.1, 0.15) is 19.8 Å². The molecule has 96 valence electrons. The number of allylic oxidation sites excluding steroid dienone is 1. The fourth-order valence-electron chi connectivity index (χ4n) is 1.30. The summed E-state index contributed by atoms with van der Waals surface area (Å²) in [5, 5.41) is 0.797. The van der Waals surface area contributed by atoms with Crippen molar-refractivity contribution in [3.05, 3.63) is 22.1 Å². The minimum atomic E-state index is -1.05. The lowest BCUT2D eigenvalue weighted by molar-refractivity contribution is 0.599. The first-order valence-electron chi connectivity index (χ1n) is 5.47. The molecule has 17 heavy (non-hydrogen) atoms. The van der Waals surface area contributed by atoms with Crippen molar-refractivity contribution in [1.29, 1.82) is 0 Å².